The Hall–Kier alpha value is -1.34. The Morgan fingerprint density at radius 3 is 2.35 bits per heavy atom. The van der Waals surface area contributed by atoms with Gasteiger partial charge in [0.2, 0.25) is 0 Å². The maximum atomic E-state index is 12.4. The van der Waals surface area contributed by atoms with Crippen molar-refractivity contribution in [1.82, 2.24) is 0 Å². The Balaban J connectivity index is 2.36. The number of hydrogen-bond donors (Lipinski definition) is 0. The van der Waals surface area contributed by atoms with Crippen molar-refractivity contribution in [2.24, 2.45) is 0 Å². The van der Waals surface area contributed by atoms with Crippen LogP contribution >= 0.6 is 39.1 Å². The summed E-state index contributed by atoms with van der Waals surface area (Å²) >= 11 is 15.0. The van der Waals surface area contributed by atoms with Gasteiger partial charge in [-0.25, -0.2) is 0 Å². The summed E-state index contributed by atoms with van der Waals surface area (Å²) in [6.45, 7) is 0. The van der Waals surface area contributed by atoms with Crippen LogP contribution in [-0.2, 0) is 0 Å². The highest BCUT2D eigenvalue weighted by Gasteiger charge is 2.22. The number of benzene rings is 2. The fourth-order valence-electron chi connectivity index (χ4n) is 1.76. The molecule has 2 aromatic carbocycles. The number of halogens is 3. The highest BCUT2D eigenvalue weighted by Crippen LogP contribution is 2.27. The summed E-state index contributed by atoms with van der Waals surface area (Å²) in [7, 11) is 0. The second-order valence-corrected chi connectivity index (χ2v) is 5.80. The Kier molecular flexibility index (Phi) is 4.82. The summed E-state index contributed by atoms with van der Waals surface area (Å²) in [5, 5.41) is 10.3. The van der Waals surface area contributed by atoms with Gasteiger partial charge in [-0.05, 0) is 45.8 Å². The molecule has 100 valence electrons. The average Bonchev–Trinajstić information content (AvgIpc) is 2.44. The summed E-state index contributed by atoms with van der Waals surface area (Å²) < 4.78 is 0.704. The van der Waals surface area contributed by atoms with Crippen molar-refractivity contribution in [3.05, 3.63) is 68.1 Å². The fourth-order valence-corrected chi connectivity index (χ4v) is 2.31. The van der Waals surface area contributed by atoms with Crippen LogP contribution < -0.4 is 0 Å². The van der Waals surface area contributed by atoms with Gasteiger partial charge >= 0.3 is 0 Å². The van der Waals surface area contributed by atoms with Gasteiger partial charge in [0.15, 0.2) is 5.78 Å². The van der Waals surface area contributed by atoms with Crippen molar-refractivity contribution >= 4 is 44.9 Å². The zero-order valence-electron chi connectivity index (χ0n) is 10.1. The van der Waals surface area contributed by atoms with Crippen molar-refractivity contribution in [3.8, 4) is 6.07 Å². The molecule has 0 saturated carbocycles. The number of rotatable bonds is 3. The van der Waals surface area contributed by atoms with E-state index in [1.165, 1.54) is 0 Å². The molecule has 1 atom stereocenters. The molecule has 2 nitrogen and oxygen atoms in total. The van der Waals surface area contributed by atoms with E-state index in [1.54, 1.807) is 42.5 Å². The first-order valence-corrected chi connectivity index (χ1v) is 7.22. The molecule has 0 saturated heterocycles. The lowest BCUT2D eigenvalue weighted by molar-refractivity contribution is 0.0979. The smallest absolute Gasteiger partial charge is 0.184 e. The van der Waals surface area contributed by atoms with Gasteiger partial charge in [-0.2, -0.15) is 5.26 Å². The van der Waals surface area contributed by atoms with Gasteiger partial charge in [-0.3, -0.25) is 4.79 Å². The summed E-state index contributed by atoms with van der Waals surface area (Å²) in [6.07, 6.45) is 0. The zero-order valence-corrected chi connectivity index (χ0v) is 13.2. The van der Waals surface area contributed by atoms with Crippen LogP contribution in [-0.4, -0.2) is 5.78 Å². The minimum Gasteiger partial charge on any atom is -0.292 e. The molecule has 2 rings (SSSR count). The number of Topliss-reactive ketones (excluding diaryl/α,β-unsaturated/α-hetero) is 1. The summed E-state index contributed by atoms with van der Waals surface area (Å²) in [5.41, 5.74) is 1.01. The molecule has 0 heterocycles. The van der Waals surface area contributed by atoms with Crippen LogP contribution in [0.5, 0.6) is 0 Å². The first kappa shape index (κ1) is 15.1. The van der Waals surface area contributed by atoms with E-state index < -0.39 is 5.92 Å². The predicted molar refractivity (Wildman–Crippen MR) is 83.3 cm³/mol. The standard InChI is InChI=1S/C15H8BrCl2NO/c16-13-6-3-10(7-14(13)18)15(20)12(8-19)9-1-4-11(17)5-2-9/h1-7,12H. The lowest BCUT2D eigenvalue weighted by atomic mass is 9.92. The molecule has 0 spiro atoms. The van der Waals surface area contributed by atoms with E-state index in [0.29, 0.717) is 25.6 Å². The first-order chi connectivity index (χ1) is 9.52. The number of carbonyl (C=O) groups excluding carboxylic acids is 1. The van der Waals surface area contributed by atoms with Crippen LogP contribution in [0.4, 0.5) is 0 Å². The van der Waals surface area contributed by atoms with Crippen molar-refractivity contribution in [1.29, 1.82) is 5.26 Å². The molecule has 2 aromatic rings. The third-order valence-corrected chi connectivity index (χ3v) is 4.28. The molecule has 0 amide bonds. The van der Waals surface area contributed by atoms with E-state index in [0.717, 1.165) is 0 Å². The monoisotopic (exact) mass is 367 g/mol. The normalized spacial score (nSPS) is 11.7. The predicted octanol–water partition coefficient (Wildman–Crippen LogP) is 5.25. The lowest BCUT2D eigenvalue weighted by Gasteiger charge is -2.09. The van der Waals surface area contributed by atoms with Crippen molar-refractivity contribution in [2.45, 2.75) is 5.92 Å². The Morgan fingerprint density at radius 1 is 1.15 bits per heavy atom. The van der Waals surface area contributed by atoms with Crippen molar-refractivity contribution in [2.75, 3.05) is 0 Å². The SMILES string of the molecule is N#CC(C(=O)c1ccc(Br)c(Cl)c1)c1ccc(Cl)cc1. The molecule has 0 aliphatic rings. The minimum absolute atomic E-state index is 0.288. The van der Waals surface area contributed by atoms with Gasteiger partial charge < -0.3 is 0 Å². The molecule has 0 aliphatic heterocycles. The molecule has 0 radical (unpaired) electrons. The summed E-state index contributed by atoms with van der Waals surface area (Å²) in [5.74, 6) is -1.16. The number of ketones is 1. The van der Waals surface area contributed by atoms with Crippen molar-refractivity contribution in [3.63, 3.8) is 0 Å². The first-order valence-electron chi connectivity index (χ1n) is 5.67. The molecule has 20 heavy (non-hydrogen) atoms. The third-order valence-electron chi connectivity index (χ3n) is 2.80. The molecular formula is C15H8BrCl2NO. The quantitative estimate of drug-likeness (QED) is 0.694. The lowest BCUT2D eigenvalue weighted by Crippen LogP contribution is -2.11. The third kappa shape index (κ3) is 3.21. The highest BCUT2D eigenvalue weighted by atomic mass is 79.9. The van der Waals surface area contributed by atoms with E-state index in [9.17, 15) is 10.1 Å². The molecule has 1 unspecified atom stereocenters. The summed E-state index contributed by atoms with van der Waals surface area (Å²) in [6, 6.07) is 13.6. The van der Waals surface area contributed by atoms with E-state index in [4.69, 9.17) is 23.2 Å². The van der Waals surface area contributed by atoms with E-state index >= 15 is 0 Å². The van der Waals surface area contributed by atoms with Gasteiger partial charge in [-0.15, -0.1) is 0 Å². The van der Waals surface area contributed by atoms with Gasteiger partial charge in [0.05, 0.1) is 11.1 Å². The average molecular weight is 369 g/mol. The van der Waals surface area contributed by atoms with E-state index in [2.05, 4.69) is 15.9 Å². The zero-order chi connectivity index (χ0) is 14.7. The molecular weight excluding hydrogens is 361 g/mol. The van der Waals surface area contributed by atoms with Crippen molar-refractivity contribution < 1.29 is 4.79 Å². The van der Waals surface area contributed by atoms with Crippen LogP contribution in [0.1, 0.15) is 21.8 Å². The van der Waals surface area contributed by atoms with Crippen LogP contribution in [0.3, 0.4) is 0 Å². The Bertz CT molecular complexity index is 692. The maximum Gasteiger partial charge on any atom is 0.184 e. The molecule has 0 fully saturated rings. The Labute approximate surface area is 135 Å². The second-order valence-electron chi connectivity index (χ2n) is 4.11. The maximum absolute atomic E-state index is 12.4. The van der Waals surface area contributed by atoms with Crippen LogP contribution in [0.15, 0.2) is 46.9 Å². The minimum atomic E-state index is -0.871. The van der Waals surface area contributed by atoms with Gasteiger partial charge in [0.1, 0.15) is 5.92 Å². The van der Waals surface area contributed by atoms with Gasteiger partial charge in [-0.1, -0.05) is 41.4 Å². The fraction of sp³-hybridized carbons (Fsp3) is 0.0667. The number of hydrogen-bond acceptors (Lipinski definition) is 2. The molecule has 0 N–H and O–H groups in total. The Morgan fingerprint density at radius 2 is 1.80 bits per heavy atom. The molecule has 0 aliphatic carbocycles. The van der Waals surface area contributed by atoms with Gasteiger partial charge in [0, 0.05) is 15.1 Å². The molecule has 0 bridgehead atoms. The van der Waals surface area contributed by atoms with E-state index in [-0.39, 0.29) is 5.78 Å². The second kappa shape index (κ2) is 6.41. The molecule has 0 aromatic heterocycles. The molecule has 5 heteroatoms. The number of nitriles is 1. The topological polar surface area (TPSA) is 40.9 Å². The number of nitrogens with zero attached hydrogens (tertiary/aromatic N) is 1. The highest BCUT2D eigenvalue weighted by molar-refractivity contribution is 9.10. The largest absolute Gasteiger partial charge is 0.292 e. The number of carbonyl (C=O) groups is 1. The van der Waals surface area contributed by atoms with Crippen LogP contribution in [0, 0.1) is 11.3 Å². The van der Waals surface area contributed by atoms with E-state index in [1.807, 2.05) is 6.07 Å². The summed E-state index contributed by atoms with van der Waals surface area (Å²) in [4.78, 5) is 12.4. The van der Waals surface area contributed by atoms with Crippen LogP contribution in [0.2, 0.25) is 10.0 Å². The van der Waals surface area contributed by atoms with Gasteiger partial charge in [0.25, 0.3) is 0 Å². The van der Waals surface area contributed by atoms with Crippen LogP contribution in [0.25, 0.3) is 0 Å².